The monoisotopic (exact) mass is 441 g/mol. The summed E-state index contributed by atoms with van der Waals surface area (Å²) in [4.78, 5) is 0. The molecule has 7 heteroatoms. The van der Waals surface area contributed by atoms with Gasteiger partial charge in [0.25, 0.3) is 0 Å². The first-order valence-corrected chi connectivity index (χ1v) is 10.8. The predicted molar refractivity (Wildman–Crippen MR) is 120 cm³/mol. The zero-order valence-electron chi connectivity index (χ0n) is 18.5. The Morgan fingerprint density at radius 2 is 1.66 bits per heavy atom. The molecule has 32 heavy (non-hydrogen) atoms. The molecule has 2 heterocycles. The van der Waals surface area contributed by atoms with Gasteiger partial charge in [0.1, 0.15) is 24.4 Å². The number of hydrogen-bond acceptors (Lipinski definition) is 6. The molecule has 5 atom stereocenters. The third-order valence-corrected chi connectivity index (χ3v) is 6.34. The Kier molecular flexibility index (Phi) is 6.15. The third-order valence-electron chi connectivity index (χ3n) is 6.34. The van der Waals surface area contributed by atoms with E-state index in [2.05, 4.69) is 0 Å². The van der Waals surface area contributed by atoms with Crippen LogP contribution in [0.2, 0.25) is 0 Å². The zero-order valence-corrected chi connectivity index (χ0v) is 18.5. The van der Waals surface area contributed by atoms with Gasteiger partial charge in [-0.2, -0.15) is 0 Å². The van der Waals surface area contributed by atoms with Gasteiger partial charge in [-0.15, -0.1) is 0 Å². The van der Waals surface area contributed by atoms with E-state index < -0.39 is 42.9 Å². The van der Waals surface area contributed by atoms with Crippen molar-refractivity contribution in [1.82, 2.24) is 4.57 Å². The van der Waals surface area contributed by atoms with Crippen LogP contribution in [0.4, 0.5) is 0 Å². The van der Waals surface area contributed by atoms with Crippen molar-refractivity contribution in [3.63, 3.8) is 0 Å². The van der Waals surface area contributed by atoms with Crippen LogP contribution in [0.15, 0.2) is 48.7 Å². The maximum Gasteiger partial charge on any atom is 0.163 e. The standard InChI is InChI=1S/C25H31NO6/c1-14-5-4-6-18-20(14)16(11-15-7-9-17(10-8-15)25(2,3)31)12-26(18)24-23(30)22(29)21(28)19(13-27)32-24/h4-10,12,19,21-24,27-31H,11,13H2,1-3H3/t19-,21-,22+,23-,24-/m1/s1. The molecule has 0 bridgehead atoms. The van der Waals surface area contributed by atoms with Gasteiger partial charge in [0.2, 0.25) is 0 Å². The predicted octanol–water partition coefficient (Wildman–Crippen LogP) is 1.74. The molecule has 2 aromatic carbocycles. The van der Waals surface area contributed by atoms with Crippen LogP contribution in [0, 0.1) is 6.92 Å². The van der Waals surface area contributed by atoms with Gasteiger partial charge in [-0.05, 0) is 55.5 Å². The second-order valence-corrected chi connectivity index (χ2v) is 9.18. The molecule has 1 saturated heterocycles. The van der Waals surface area contributed by atoms with Crippen molar-refractivity contribution in [3.05, 3.63) is 70.9 Å². The SMILES string of the molecule is Cc1cccc2c1c(Cc1ccc(C(C)(C)O)cc1)cn2[C@@H]1O[C@H](CO)[C@@H](O)[C@H](O)[C@H]1O. The van der Waals surface area contributed by atoms with Crippen molar-refractivity contribution in [2.45, 2.75) is 63.4 Å². The molecule has 0 radical (unpaired) electrons. The van der Waals surface area contributed by atoms with Gasteiger partial charge in [-0.1, -0.05) is 36.4 Å². The van der Waals surface area contributed by atoms with E-state index in [0.717, 1.165) is 33.2 Å². The summed E-state index contributed by atoms with van der Waals surface area (Å²) >= 11 is 0. The number of aliphatic hydroxyl groups is 5. The maximum absolute atomic E-state index is 10.6. The Hall–Kier alpha value is -2.26. The third kappa shape index (κ3) is 4.08. The number of aryl methyl sites for hydroxylation is 1. The quantitative estimate of drug-likeness (QED) is 0.412. The van der Waals surface area contributed by atoms with Crippen LogP contribution >= 0.6 is 0 Å². The first-order valence-electron chi connectivity index (χ1n) is 10.8. The second kappa shape index (κ2) is 8.59. The average Bonchev–Trinajstić information content (AvgIpc) is 3.11. The fraction of sp³-hybridized carbons (Fsp3) is 0.440. The molecule has 3 aromatic rings. The summed E-state index contributed by atoms with van der Waals surface area (Å²) in [6, 6.07) is 13.7. The molecule has 0 aliphatic carbocycles. The summed E-state index contributed by atoms with van der Waals surface area (Å²) in [6.45, 7) is 5.04. The maximum atomic E-state index is 10.6. The van der Waals surface area contributed by atoms with E-state index in [-0.39, 0.29) is 0 Å². The lowest BCUT2D eigenvalue weighted by molar-refractivity contribution is -0.250. The Morgan fingerprint density at radius 1 is 0.969 bits per heavy atom. The van der Waals surface area contributed by atoms with E-state index >= 15 is 0 Å². The van der Waals surface area contributed by atoms with Crippen LogP contribution in [-0.2, 0) is 16.8 Å². The molecule has 0 amide bonds. The van der Waals surface area contributed by atoms with E-state index in [1.165, 1.54) is 0 Å². The molecule has 0 saturated carbocycles. The van der Waals surface area contributed by atoms with Gasteiger partial charge in [0, 0.05) is 11.6 Å². The van der Waals surface area contributed by atoms with Gasteiger partial charge >= 0.3 is 0 Å². The van der Waals surface area contributed by atoms with Crippen LogP contribution < -0.4 is 0 Å². The first kappa shape index (κ1) is 22.9. The fourth-order valence-electron chi connectivity index (χ4n) is 4.49. The average molecular weight is 442 g/mol. The number of hydrogen-bond donors (Lipinski definition) is 5. The van der Waals surface area contributed by atoms with Crippen LogP contribution in [0.25, 0.3) is 10.9 Å². The van der Waals surface area contributed by atoms with Gasteiger partial charge < -0.3 is 34.8 Å². The lowest BCUT2D eigenvalue weighted by Crippen LogP contribution is -2.56. The molecule has 0 spiro atoms. The summed E-state index contributed by atoms with van der Waals surface area (Å²) in [7, 11) is 0. The first-order chi connectivity index (χ1) is 15.1. The molecule has 1 aliphatic heterocycles. The normalized spacial score (nSPS) is 26.6. The van der Waals surface area contributed by atoms with Crippen LogP contribution in [-0.4, -0.2) is 61.1 Å². The van der Waals surface area contributed by atoms with E-state index in [9.17, 15) is 25.5 Å². The fourth-order valence-corrected chi connectivity index (χ4v) is 4.49. The Morgan fingerprint density at radius 3 is 2.28 bits per heavy atom. The van der Waals surface area contributed by atoms with Crippen molar-refractivity contribution in [3.8, 4) is 0 Å². The van der Waals surface area contributed by atoms with Crippen molar-refractivity contribution in [2.75, 3.05) is 6.61 Å². The number of aliphatic hydroxyl groups excluding tert-OH is 4. The number of ether oxygens (including phenoxy) is 1. The summed E-state index contributed by atoms with van der Waals surface area (Å²) in [5, 5.41) is 51.8. The van der Waals surface area contributed by atoms with Crippen molar-refractivity contribution >= 4 is 10.9 Å². The van der Waals surface area contributed by atoms with Gasteiger partial charge in [0.05, 0.1) is 17.7 Å². The number of fused-ring (bicyclic) bond motifs is 1. The highest BCUT2D eigenvalue weighted by Gasteiger charge is 2.44. The van der Waals surface area contributed by atoms with Gasteiger partial charge in [0.15, 0.2) is 6.23 Å². The van der Waals surface area contributed by atoms with Gasteiger partial charge in [-0.3, -0.25) is 0 Å². The molecule has 7 nitrogen and oxygen atoms in total. The van der Waals surface area contributed by atoms with E-state index in [1.54, 1.807) is 18.4 Å². The van der Waals surface area contributed by atoms with Crippen LogP contribution in [0.5, 0.6) is 0 Å². The minimum Gasteiger partial charge on any atom is -0.394 e. The molecule has 4 rings (SSSR count). The number of benzene rings is 2. The van der Waals surface area contributed by atoms with Gasteiger partial charge in [-0.25, -0.2) is 0 Å². The lowest BCUT2D eigenvalue weighted by atomic mass is 9.95. The molecular formula is C25H31NO6. The Labute approximate surface area is 187 Å². The summed E-state index contributed by atoms with van der Waals surface area (Å²) < 4.78 is 7.58. The van der Waals surface area contributed by atoms with Crippen LogP contribution in [0.1, 0.15) is 42.3 Å². The minimum atomic E-state index is -1.44. The van der Waals surface area contributed by atoms with Crippen molar-refractivity contribution < 1.29 is 30.3 Å². The molecule has 0 unspecified atom stereocenters. The van der Waals surface area contributed by atoms with E-state index in [1.807, 2.05) is 55.6 Å². The number of nitrogens with zero attached hydrogens (tertiary/aromatic N) is 1. The molecule has 1 aromatic heterocycles. The largest absolute Gasteiger partial charge is 0.394 e. The van der Waals surface area contributed by atoms with Crippen LogP contribution in [0.3, 0.4) is 0 Å². The highest BCUT2D eigenvalue weighted by molar-refractivity contribution is 5.87. The second-order valence-electron chi connectivity index (χ2n) is 9.18. The molecule has 5 N–H and O–H groups in total. The molecule has 172 valence electrons. The summed E-state index contributed by atoms with van der Waals surface area (Å²) in [6.07, 6.45) is -3.61. The van der Waals surface area contributed by atoms with E-state index in [0.29, 0.717) is 6.42 Å². The highest BCUT2D eigenvalue weighted by Crippen LogP contribution is 2.35. The summed E-state index contributed by atoms with van der Waals surface area (Å²) in [5.74, 6) is 0. The smallest absolute Gasteiger partial charge is 0.163 e. The summed E-state index contributed by atoms with van der Waals surface area (Å²) in [5.41, 5.74) is 3.90. The Balaban J connectivity index is 1.74. The van der Waals surface area contributed by atoms with Crippen molar-refractivity contribution in [1.29, 1.82) is 0 Å². The highest BCUT2D eigenvalue weighted by atomic mass is 16.6. The molecular weight excluding hydrogens is 410 g/mol. The molecule has 1 aliphatic rings. The van der Waals surface area contributed by atoms with Crippen molar-refractivity contribution in [2.24, 2.45) is 0 Å². The lowest BCUT2D eigenvalue weighted by Gasteiger charge is -2.40. The number of aromatic nitrogens is 1. The Bertz CT molecular complexity index is 1080. The topological polar surface area (TPSA) is 115 Å². The van der Waals surface area contributed by atoms with E-state index in [4.69, 9.17) is 4.74 Å². The minimum absolute atomic E-state index is 0.472. The molecule has 1 fully saturated rings. The zero-order chi connectivity index (χ0) is 23.2. The number of rotatable bonds is 5.